The minimum Gasteiger partial charge on any atom is -0.497 e. The molecular weight excluding hydrogens is 560 g/mol. The van der Waals surface area contributed by atoms with Gasteiger partial charge in [-0.1, -0.05) is 37.3 Å². The monoisotopic (exact) mass is 596 g/mol. The molecule has 2 amide bonds. The lowest BCUT2D eigenvalue weighted by molar-refractivity contribution is -0.385. The van der Waals surface area contributed by atoms with Crippen LogP contribution in [-0.2, 0) is 26.2 Å². The molecule has 0 aromatic heterocycles. The molecule has 1 atom stereocenters. The van der Waals surface area contributed by atoms with Gasteiger partial charge in [0.05, 0.1) is 22.6 Å². The predicted molar refractivity (Wildman–Crippen MR) is 160 cm³/mol. The minimum atomic E-state index is -4.48. The second kappa shape index (κ2) is 13.9. The van der Waals surface area contributed by atoms with Crippen molar-refractivity contribution in [2.24, 2.45) is 0 Å². The number of aryl methyl sites for hydroxylation is 2. The zero-order valence-corrected chi connectivity index (χ0v) is 25.2. The van der Waals surface area contributed by atoms with Crippen LogP contribution in [0, 0.1) is 24.0 Å². The third-order valence-electron chi connectivity index (χ3n) is 6.92. The highest BCUT2D eigenvalue weighted by Gasteiger charge is 2.33. The van der Waals surface area contributed by atoms with E-state index >= 15 is 0 Å². The van der Waals surface area contributed by atoms with Gasteiger partial charge in [-0.25, -0.2) is 8.42 Å². The number of amides is 2. The van der Waals surface area contributed by atoms with Gasteiger partial charge < -0.3 is 15.0 Å². The maximum Gasteiger partial charge on any atom is 0.273 e. The van der Waals surface area contributed by atoms with Crippen LogP contribution in [0.15, 0.2) is 71.6 Å². The van der Waals surface area contributed by atoms with Crippen molar-refractivity contribution in [1.82, 2.24) is 10.2 Å². The van der Waals surface area contributed by atoms with E-state index in [1.807, 2.05) is 38.1 Å². The first kappa shape index (κ1) is 32.1. The van der Waals surface area contributed by atoms with E-state index in [9.17, 15) is 28.1 Å². The summed E-state index contributed by atoms with van der Waals surface area (Å²) in [5.41, 5.74) is 1.78. The van der Waals surface area contributed by atoms with E-state index in [1.165, 1.54) is 43.2 Å². The van der Waals surface area contributed by atoms with Crippen molar-refractivity contribution < 1.29 is 27.7 Å². The fraction of sp³-hybridized carbons (Fsp3) is 0.333. The topological polar surface area (TPSA) is 139 Å². The van der Waals surface area contributed by atoms with Crippen LogP contribution < -0.4 is 14.4 Å². The Morgan fingerprint density at radius 1 is 1.02 bits per heavy atom. The summed E-state index contributed by atoms with van der Waals surface area (Å²) in [5, 5.41) is 14.4. The third kappa shape index (κ3) is 7.43. The molecule has 42 heavy (non-hydrogen) atoms. The molecular formula is C30H36N4O7S. The number of nitrogens with zero attached hydrogens (tertiary/aromatic N) is 3. The first-order chi connectivity index (χ1) is 19.9. The number of nitrogens with one attached hydrogen (secondary N) is 1. The Labute approximate surface area is 246 Å². The molecule has 0 aliphatic rings. The standard InChI is InChI=1S/C30H36N4O7S/c1-6-17-31-30(36)23(4)32(19-24-10-8-7-9-21(24)2)29(35)20-33(25-12-14-26(41-5)15-13-25)42(39,40)27-16-11-22(3)28(18-27)34(37)38/h7-16,18,23H,6,17,19-20H2,1-5H3,(H,31,36)/t23-/m1/s1. The van der Waals surface area contributed by atoms with Crippen LogP contribution in [-0.4, -0.2) is 56.3 Å². The second-order valence-corrected chi connectivity index (χ2v) is 11.7. The molecule has 1 N–H and O–H groups in total. The van der Waals surface area contributed by atoms with Gasteiger partial charge in [0.25, 0.3) is 15.7 Å². The summed E-state index contributed by atoms with van der Waals surface area (Å²) in [6, 6.07) is 16.2. The van der Waals surface area contributed by atoms with Crippen LogP contribution in [0.2, 0.25) is 0 Å². The van der Waals surface area contributed by atoms with Gasteiger partial charge in [0.15, 0.2) is 0 Å². The van der Waals surface area contributed by atoms with E-state index in [0.717, 1.165) is 21.5 Å². The zero-order chi connectivity index (χ0) is 31.0. The number of nitro benzene ring substituents is 1. The molecule has 0 aliphatic carbocycles. The molecule has 0 bridgehead atoms. The maximum atomic E-state index is 14.0. The van der Waals surface area contributed by atoms with Crippen molar-refractivity contribution in [3.8, 4) is 5.75 Å². The number of nitro groups is 1. The molecule has 0 radical (unpaired) electrons. The number of benzene rings is 3. The van der Waals surface area contributed by atoms with Crippen molar-refractivity contribution in [3.05, 3.63) is 93.5 Å². The number of methoxy groups -OCH3 is 1. The first-order valence-corrected chi connectivity index (χ1v) is 14.9. The Hall–Kier alpha value is -4.45. The van der Waals surface area contributed by atoms with Gasteiger partial charge in [-0.3, -0.25) is 24.0 Å². The summed E-state index contributed by atoms with van der Waals surface area (Å²) in [6.45, 7) is 6.73. The van der Waals surface area contributed by atoms with E-state index in [4.69, 9.17) is 4.74 Å². The smallest absolute Gasteiger partial charge is 0.273 e. The van der Waals surface area contributed by atoms with E-state index in [2.05, 4.69) is 5.32 Å². The van der Waals surface area contributed by atoms with E-state index in [-0.39, 0.29) is 28.7 Å². The van der Waals surface area contributed by atoms with Crippen LogP contribution in [0.25, 0.3) is 0 Å². The number of ether oxygens (including phenoxy) is 1. The molecule has 11 nitrogen and oxygen atoms in total. The number of carbonyl (C=O) groups excluding carboxylic acids is 2. The molecule has 0 saturated heterocycles. The molecule has 0 saturated carbocycles. The average Bonchev–Trinajstić information content (AvgIpc) is 2.97. The molecule has 0 heterocycles. The fourth-order valence-corrected chi connectivity index (χ4v) is 5.74. The van der Waals surface area contributed by atoms with Crippen molar-refractivity contribution in [2.75, 3.05) is 24.5 Å². The molecule has 3 aromatic rings. The van der Waals surface area contributed by atoms with Crippen LogP contribution in [0.1, 0.15) is 37.0 Å². The van der Waals surface area contributed by atoms with Gasteiger partial charge in [-0.15, -0.1) is 0 Å². The lowest BCUT2D eigenvalue weighted by Gasteiger charge is -2.32. The maximum absolute atomic E-state index is 14.0. The summed E-state index contributed by atoms with van der Waals surface area (Å²) in [4.78, 5) is 38.9. The summed E-state index contributed by atoms with van der Waals surface area (Å²) in [6.07, 6.45) is 0.705. The largest absolute Gasteiger partial charge is 0.497 e. The highest BCUT2D eigenvalue weighted by atomic mass is 32.2. The van der Waals surface area contributed by atoms with Gasteiger partial charge in [-0.2, -0.15) is 0 Å². The molecule has 12 heteroatoms. The third-order valence-corrected chi connectivity index (χ3v) is 8.69. The molecule has 3 rings (SSSR count). The lowest BCUT2D eigenvalue weighted by atomic mass is 10.1. The summed E-state index contributed by atoms with van der Waals surface area (Å²) >= 11 is 0. The Kier molecular flexibility index (Phi) is 10.6. The van der Waals surface area contributed by atoms with Crippen LogP contribution in [0.4, 0.5) is 11.4 Å². The molecule has 0 spiro atoms. The quantitative estimate of drug-likeness (QED) is 0.228. The molecule has 224 valence electrons. The van der Waals surface area contributed by atoms with Crippen molar-refractivity contribution in [1.29, 1.82) is 0 Å². The zero-order valence-electron chi connectivity index (χ0n) is 24.4. The van der Waals surface area contributed by atoms with E-state index in [1.54, 1.807) is 19.1 Å². The minimum absolute atomic E-state index is 0.0682. The number of hydrogen-bond donors (Lipinski definition) is 1. The van der Waals surface area contributed by atoms with Gasteiger partial charge in [0, 0.05) is 24.7 Å². The summed E-state index contributed by atoms with van der Waals surface area (Å²) in [5.74, 6) is -0.527. The summed E-state index contributed by atoms with van der Waals surface area (Å²) in [7, 11) is -3.01. The highest BCUT2D eigenvalue weighted by Crippen LogP contribution is 2.29. The van der Waals surface area contributed by atoms with Crippen LogP contribution in [0.5, 0.6) is 5.75 Å². The Bertz CT molecular complexity index is 1540. The Morgan fingerprint density at radius 2 is 1.69 bits per heavy atom. The van der Waals surface area contributed by atoms with Gasteiger partial charge >= 0.3 is 0 Å². The van der Waals surface area contributed by atoms with E-state index in [0.29, 0.717) is 24.3 Å². The molecule has 0 aliphatic heterocycles. The normalized spacial score (nSPS) is 11.8. The van der Waals surface area contributed by atoms with Crippen LogP contribution in [0.3, 0.4) is 0 Å². The van der Waals surface area contributed by atoms with Crippen molar-refractivity contribution in [3.63, 3.8) is 0 Å². The van der Waals surface area contributed by atoms with Crippen LogP contribution >= 0.6 is 0 Å². The van der Waals surface area contributed by atoms with Crippen molar-refractivity contribution in [2.45, 2.75) is 51.6 Å². The number of sulfonamides is 1. The molecule has 0 unspecified atom stereocenters. The predicted octanol–water partition coefficient (Wildman–Crippen LogP) is 4.36. The molecule has 3 aromatic carbocycles. The van der Waals surface area contributed by atoms with Gasteiger partial charge in [0.2, 0.25) is 11.8 Å². The average molecular weight is 597 g/mol. The lowest BCUT2D eigenvalue weighted by Crippen LogP contribution is -2.51. The Balaban J connectivity index is 2.09. The summed E-state index contributed by atoms with van der Waals surface area (Å²) < 4.78 is 34.1. The second-order valence-electron chi connectivity index (χ2n) is 9.83. The van der Waals surface area contributed by atoms with Gasteiger partial charge in [-0.05, 0) is 68.7 Å². The van der Waals surface area contributed by atoms with Gasteiger partial charge in [0.1, 0.15) is 18.3 Å². The molecule has 0 fully saturated rings. The number of carbonyl (C=O) groups is 2. The first-order valence-electron chi connectivity index (χ1n) is 13.4. The number of hydrogen-bond acceptors (Lipinski definition) is 7. The Morgan fingerprint density at radius 3 is 2.29 bits per heavy atom. The van der Waals surface area contributed by atoms with E-state index < -0.39 is 33.4 Å². The highest BCUT2D eigenvalue weighted by molar-refractivity contribution is 7.92. The van der Waals surface area contributed by atoms with Crippen molar-refractivity contribution >= 4 is 33.2 Å². The fourth-order valence-electron chi connectivity index (χ4n) is 4.30. The number of anilines is 1. The number of rotatable bonds is 13. The SMILES string of the molecule is CCCNC(=O)[C@@H](C)N(Cc1ccccc1C)C(=O)CN(c1ccc(OC)cc1)S(=O)(=O)c1ccc(C)c([N+](=O)[O-])c1.